The van der Waals surface area contributed by atoms with Gasteiger partial charge in [0, 0.05) is 25.1 Å². The molecule has 1 aromatic rings. The zero-order valence-electron chi connectivity index (χ0n) is 24.7. The Bertz CT molecular complexity index is 1060. The molecule has 2 N–H and O–H groups in total. The van der Waals surface area contributed by atoms with E-state index >= 15 is 0 Å². The Morgan fingerprint density at radius 2 is 1.57 bits per heavy atom. The number of Topliss-reactive ketones (excluding diaryl/α,β-unsaturated/α-hetero) is 1. The zero-order valence-corrected chi connectivity index (χ0v) is 25.6. The number of aromatic amines is 1. The Balaban J connectivity index is 1.71. The number of aliphatic hydroxyl groups excluding tert-OH is 1. The first-order valence-corrected chi connectivity index (χ1v) is 17.8. The van der Waals surface area contributed by atoms with Crippen molar-refractivity contribution in [2.24, 2.45) is 0 Å². The average molecular weight is 583 g/mol. The van der Waals surface area contributed by atoms with E-state index in [0.717, 1.165) is 23.8 Å². The van der Waals surface area contributed by atoms with Crippen molar-refractivity contribution in [2.75, 3.05) is 19.9 Å². The van der Waals surface area contributed by atoms with E-state index in [0.29, 0.717) is 6.42 Å². The van der Waals surface area contributed by atoms with Crippen LogP contribution in [0, 0.1) is 0 Å². The molecule has 0 saturated carbocycles. The fourth-order valence-corrected chi connectivity index (χ4v) is 5.52. The number of carbonyl (C=O) groups excluding carboxylic acids is 1. The lowest BCUT2D eigenvalue weighted by Crippen LogP contribution is -2.39. The third-order valence-corrected chi connectivity index (χ3v) is 8.15. The summed E-state index contributed by atoms with van der Waals surface area (Å²) in [7, 11) is -2.51. The molecule has 40 heavy (non-hydrogen) atoms. The zero-order chi connectivity index (χ0) is 29.4. The highest BCUT2D eigenvalue weighted by Gasteiger charge is 2.45. The van der Waals surface area contributed by atoms with Crippen molar-refractivity contribution < 1.29 is 23.9 Å². The van der Waals surface area contributed by atoms with Crippen LogP contribution in [0.4, 0.5) is 0 Å². The van der Waals surface area contributed by atoms with Crippen LogP contribution in [0.3, 0.4) is 0 Å². The lowest BCUT2D eigenvalue weighted by Gasteiger charge is -2.22. The van der Waals surface area contributed by atoms with Gasteiger partial charge >= 0.3 is 5.69 Å². The Morgan fingerprint density at radius 1 is 1.00 bits per heavy atom. The molecule has 0 aliphatic carbocycles. The topological polar surface area (TPSA) is 128 Å². The van der Waals surface area contributed by atoms with Crippen LogP contribution in [0.5, 0.6) is 0 Å². The maximum Gasteiger partial charge on any atom is 0.330 e. The molecule has 1 aliphatic heterocycles. The predicted molar refractivity (Wildman–Crippen MR) is 160 cm³/mol. The number of nitrogens with one attached hydrogen (secondary N) is 1. The number of hydrogen-bond donors (Lipinski definition) is 2. The molecule has 0 bridgehead atoms. The van der Waals surface area contributed by atoms with Gasteiger partial charge in [-0.2, -0.15) is 0 Å². The molecular formula is C30H51N2O7P. The van der Waals surface area contributed by atoms with Gasteiger partial charge in [0.25, 0.3) is 5.56 Å². The Kier molecular flexibility index (Phi) is 16.0. The predicted octanol–water partition coefficient (Wildman–Crippen LogP) is 5.76. The summed E-state index contributed by atoms with van der Waals surface area (Å²) in [5.41, 5.74) is -1.25. The number of ketones is 1. The maximum absolute atomic E-state index is 12.4. The molecular weight excluding hydrogens is 531 g/mol. The second-order valence-corrected chi connectivity index (χ2v) is 14.6. The molecule has 0 amide bonds. The van der Waals surface area contributed by atoms with Crippen LogP contribution in [0.2, 0.25) is 0 Å². The van der Waals surface area contributed by atoms with Crippen molar-refractivity contribution in [1.29, 1.82) is 0 Å². The van der Waals surface area contributed by atoms with Gasteiger partial charge < -0.3 is 19.1 Å². The largest absolute Gasteiger partial charge is 0.387 e. The lowest BCUT2D eigenvalue weighted by molar-refractivity contribution is -0.122. The molecule has 1 saturated heterocycles. The fraction of sp³-hybridized carbons (Fsp3) is 0.767. The van der Waals surface area contributed by atoms with Gasteiger partial charge in [0.2, 0.25) is 0 Å². The summed E-state index contributed by atoms with van der Waals surface area (Å²) < 4.78 is 25.0. The van der Waals surface area contributed by atoms with Crippen LogP contribution in [0.25, 0.3) is 0 Å². The maximum atomic E-state index is 12.4. The summed E-state index contributed by atoms with van der Waals surface area (Å²) in [6.45, 7) is 5.50. The quantitative estimate of drug-likeness (QED) is 0.139. The Labute approximate surface area is 239 Å². The van der Waals surface area contributed by atoms with Gasteiger partial charge in [0.05, 0.1) is 6.61 Å². The van der Waals surface area contributed by atoms with Crippen LogP contribution >= 0.6 is 7.14 Å². The summed E-state index contributed by atoms with van der Waals surface area (Å²) in [6, 6.07) is 1.18. The first kappa shape index (κ1) is 34.4. The van der Waals surface area contributed by atoms with E-state index in [2.05, 4.69) is 11.9 Å². The highest BCUT2D eigenvalue weighted by atomic mass is 31.2. The van der Waals surface area contributed by atoms with Gasteiger partial charge in [-0.05, 0) is 31.6 Å². The number of rotatable bonds is 21. The van der Waals surface area contributed by atoms with Crippen LogP contribution in [0.15, 0.2) is 33.7 Å². The van der Waals surface area contributed by atoms with E-state index in [9.17, 15) is 24.1 Å². The number of aliphatic hydroxyl groups is 1. The van der Waals surface area contributed by atoms with Crippen molar-refractivity contribution in [3.8, 4) is 0 Å². The van der Waals surface area contributed by atoms with E-state index in [1.807, 2.05) is 0 Å². The van der Waals surface area contributed by atoms with Gasteiger partial charge in [-0.25, -0.2) is 4.79 Å². The van der Waals surface area contributed by atoms with Crippen molar-refractivity contribution in [2.45, 2.75) is 128 Å². The molecule has 10 heteroatoms. The number of carbonyl (C=O) groups is 1. The summed E-state index contributed by atoms with van der Waals surface area (Å²) >= 11 is 0. The monoisotopic (exact) mass is 582 g/mol. The molecule has 0 radical (unpaired) electrons. The minimum atomic E-state index is -2.51. The Morgan fingerprint density at radius 3 is 2.12 bits per heavy atom. The van der Waals surface area contributed by atoms with Crippen molar-refractivity contribution in [3.63, 3.8) is 0 Å². The fourth-order valence-electron chi connectivity index (χ4n) is 4.93. The van der Waals surface area contributed by atoms with Gasteiger partial charge in [0.15, 0.2) is 6.23 Å². The van der Waals surface area contributed by atoms with Gasteiger partial charge in [0.1, 0.15) is 31.2 Å². The summed E-state index contributed by atoms with van der Waals surface area (Å²) in [4.78, 5) is 38.4. The first-order chi connectivity index (χ1) is 19.1. The minimum absolute atomic E-state index is 0.0768. The van der Waals surface area contributed by atoms with Crippen molar-refractivity contribution in [3.05, 3.63) is 45.0 Å². The number of unbranched alkanes of at least 4 members (excludes halogenated alkanes) is 12. The van der Waals surface area contributed by atoms with Crippen molar-refractivity contribution in [1.82, 2.24) is 9.55 Å². The molecule has 2 rings (SSSR count). The third-order valence-electron chi connectivity index (χ3n) is 7.26. The molecule has 2 heterocycles. The number of aromatic nitrogens is 2. The smallest absolute Gasteiger partial charge is 0.330 e. The first-order valence-electron chi connectivity index (χ1n) is 15.1. The average Bonchev–Trinajstić information content (AvgIpc) is 3.20. The van der Waals surface area contributed by atoms with Crippen LogP contribution < -0.4 is 11.2 Å². The number of ether oxygens (including phenoxy) is 2. The highest BCUT2D eigenvalue weighted by Crippen LogP contribution is 2.39. The van der Waals surface area contributed by atoms with E-state index in [4.69, 9.17) is 9.47 Å². The van der Waals surface area contributed by atoms with Crippen LogP contribution in [0.1, 0.15) is 109 Å². The van der Waals surface area contributed by atoms with E-state index < -0.39 is 42.9 Å². The second kappa shape index (κ2) is 18.6. The van der Waals surface area contributed by atoms with Gasteiger partial charge in [-0.15, -0.1) is 0 Å². The standard InChI is InChI=1S/C30H51N2O7P/c1-4-5-6-7-8-9-10-11-12-13-14-15-16-17-24(33)19-22-38-28-27(35)25(20-23-40(2,3)37)39-29(28)32-21-18-26(34)31-30(32)36/h18,20-21,23,25,27-29,35H,4-17,19,22H2,1-3H3,(H,31,34,36)/b23-20+/t25-,27-,28-,29-/m1/s1. The number of hydrogen-bond acceptors (Lipinski definition) is 7. The minimum Gasteiger partial charge on any atom is -0.387 e. The number of H-pyrrole nitrogens is 1. The molecule has 1 fully saturated rings. The summed E-state index contributed by atoms with van der Waals surface area (Å²) in [5, 5.41) is 10.9. The molecule has 4 atom stereocenters. The SMILES string of the molecule is CCCCCCCCCCCCCCCC(=O)CCO[C@@H]1[C@H](O)[C@@H](/C=C/P(C)(C)=O)O[C@H]1n1ccc(=O)[nH]c1=O. The Hall–Kier alpha value is -1.80. The van der Waals surface area contributed by atoms with Crippen molar-refractivity contribution >= 4 is 12.9 Å². The third kappa shape index (κ3) is 13.2. The van der Waals surface area contributed by atoms with Crippen LogP contribution in [-0.2, 0) is 18.8 Å². The van der Waals surface area contributed by atoms with Crippen LogP contribution in [-0.4, -0.2) is 58.7 Å². The molecule has 0 aromatic carbocycles. The second-order valence-electron chi connectivity index (χ2n) is 11.4. The van der Waals surface area contributed by atoms with Gasteiger partial charge in [-0.1, -0.05) is 84.0 Å². The number of nitrogens with zero attached hydrogens (tertiary/aromatic N) is 1. The highest BCUT2D eigenvalue weighted by molar-refractivity contribution is 7.65. The van der Waals surface area contributed by atoms with E-state index in [-0.39, 0.29) is 18.8 Å². The molecule has 9 nitrogen and oxygen atoms in total. The molecule has 228 valence electrons. The summed E-state index contributed by atoms with van der Waals surface area (Å²) in [6.07, 6.45) is 15.8. The van der Waals surface area contributed by atoms with E-state index in [1.54, 1.807) is 13.3 Å². The lowest BCUT2D eigenvalue weighted by atomic mass is 10.0. The molecule has 0 spiro atoms. The molecule has 1 aliphatic rings. The molecule has 0 unspecified atom stereocenters. The normalized spacial score (nSPS) is 21.4. The summed E-state index contributed by atoms with van der Waals surface area (Å²) in [5.74, 6) is 1.60. The van der Waals surface area contributed by atoms with E-state index in [1.165, 1.54) is 88.4 Å². The molecule has 1 aromatic heterocycles. The van der Waals surface area contributed by atoms with Gasteiger partial charge in [-0.3, -0.25) is 19.1 Å².